The number of phenolic OH excluding ortho intramolecular Hbond substituents is 1. The van der Waals surface area contributed by atoms with Crippen LogP contribution in [0.1, 0.15) is 67.1 Å². The van der Waals surface area contributed by atoms with Crippen molar-refractivity contribution in [2.24, 2.45) is 17.8 Å². The van der Waals surface area contributed by atoms with Gasteiger partial charge in [0.05, 0.1) is 6.61 Å². The van der Waals surface area contributed by atoms with Crippen LogP contribution in [0.15, 0.2) is 12.1 Å². The van der Waals surface area contributed by atoms with Gasteiger partial charge in [0, 0.05) is 11.1 Å². The Bertz CT molecular complexity index is 898. The van der Waals surface area contributed by atoms with Crippen LogP contribution in [-0.4, -0.2) is 33.1 Å². The van der Waals surface area contributed by atoms with Gasteiger partial charge in [0.2, 0.25) is 0 Å². The van der Waals surface area contributed by atoms with Crippen LogP contribution in [0, 0.1) is 24.7 Å². The highest BCUT2D eigenvalue weighted by molar-refractivity contribution is 5.95. The number of benzene rings is 1. The Kier molecular flexibility index (Phi) is 4.00. The third kappa shape index (κ3) is 2.65. The predicted octanol–water partition coefficient (Wildman–Crippen LogP) is 4.13. The Morgan fingerprint density at radius 2 is 1.82 bits per heavy atom. The van der Waals surface area contributed by atoms with Gasteiger partial charge in [0.15, 0.2) is 5.69 Å². The minimum absolute atomic E-state index is 0.0629. The SMILES string of the molecule is CCOC(=O)c1n[nH]nc1-c1cc(C)cc(C23CC4CC(CC(C4)C2)C3)c1O. The molecule has 0 unspecified atom stereocenters. The molecule has 1 heterocycles. The van der Waals surface area contributed by atoms with Crippen molar-refractivity contribution in [1.29, 1.82) is 0 Å². The van der Waals surface area contributed by atoms with Gasteiger partial charge in [-0.25, -0.2) is 4.79 Å². The lowest BCUT2D eigenvalue weighted by Gasteiger charge is -2.57. The highest BCUT2D eigenvalue weighted by Gasteiger charge is 2.52. The summed E-state index contributed by atoms with van der Waals surface area (Å²) < 4.78 is 5.11. The third-order valence-corrected chi connectivity index (χ3v) is 7.14. The van der Waals surface area contributed by atoms with Crippen LogP contribution in [0.25, 0.3) is 11.3 Å². The van der Waals surface area contributed by atoms with Crippen molar-refractivity contribution in [3.8, 4) is 17.0 Å². The number of aryl methyl sites for hydroxylation is 1. The molecule has 28 heavy (non-hydrogen) atoms. The molecule has 6 rings (SSSR count). The molecule has 0 aliphatic heterocycles. The lowest BCUT2D eigenvalue weighted by molar-refractivity contribution is -0.00612. The van der Waals surface area contributed by atoms with Gasteiger partial charge in [-0.2, -0.15) is 10.3 Å². The van der Waals surface area contributed by atoms with Gasteiger partial charge in [0.1, 0.15) is 11.4 Å². The summed E-state index contributed by atoms with van der Waals surface area (Å²) in [7, 11) is 0. The summed E-state index contributed by atoms with van der Waals surface area (Å²) >= 11 is 0. The molecule has 4 saturated carbocycles. The number of aromatic amines is 1. The van der Waals surface area contributed by atoms with Crippen molar-refractivity contribution in [2.75, 3.05) is 6.61 Å². The van der Waals surface area contributed by atoms with Crippen molar-refractivity contribution in [3.63, 3.8) is 0 Å². The van der Waals surface area contributed by atoms with Crippen molar-refractivity contribution in [3.05, 3.63) is 29.0 Å². The summed E-state index contributed by atoms with van der Waals surface area (Å²) in [4.78, 5) is 12.3. The van der Waals surface area contributed by atoms with E-state index in [0.717, 1.165) is 28.9 Å². The number of hydrogen-bond donors (Lipinski definition) is 2. The summed E-state index contributed by atoms with van der Waals surface area (Å²) in [5, 5.41) is 22.0. The van der Waals surface area contributed by atoms with Gasteiger partial charge < -0.3 is 9.84 Å². The molecular formula is C22H27N3O3. The fourth-order valence-corrected chi connectivity index (χ4v) is 6.56. The molecule has 0 amide bonds. The molecule has 4 aliphatic rings. The third-order valence-electron chi connectivity index (χ3n) is 7.14. The molecule has 4 aliphatic carbocycles. The number of carbonyl (C=O) groups is 1. The zero-order valence-corrected chi connectivity index (χ0v) is 16.5. The molecule has 6 nitrogen and oxygen atoms in total. The van der Waals surface area contributed by atoms with Crippen LogP contribution in [0.3, 0.4) is 0 Å². The van der Waals surface area contributed by atoms with E-state index in [-0.39, 0.29) is 23.5 Å². The Morgan fingerprint density at radius 1 is 1.18 bits per heavy atom. The Hall–Kier alpha value is -2.37. The molecule has 2 aromatic rings. The topological polar surface area (TPSA) is 88.1 Å². The normalized spacial score (nSPS) is 30.6. The Morgan fingerprint density at radius 3 is 2.43 bits per heavy atom. The summed E-state index contributed by atoms with van der Waals surface area (Å²) in [5.41, 5.74) is 3.23. The predicted molar refractivity (Wildman–Crippen MR) is 104 cm³/mol. The van der Waals surface area contributed by atoms with Crippen molar-refractivity contribution < 1.29 is 14.6 Å². The van der Waals surface area contributed by atoms with Crippen LogP contribution in [-0.2, 0) is 10.2 Å². The number of rotatable bonds is 4. The Balaban J connectivity index is 1.61. The average Bonchev–Trinajstić information content (AvgIpc) is 3.12. The van der Waals surface area contributed by atoms with E-state index >= 15 is 0 Å². The molecule has 0 saturated heterocycles. The number of aromatic hydroxyl groups is 1. The minimum Gasteiger partial charge on any atom is -0.507 e. The number of H-pyrrole nitrogens is 1. The number of ether oxygens (including phenoxy) is 1. The fraction of sp³-hybridized carbons (Fsp3) is 0.591. The van der Waals surface area contributed by atoms with Gasteiger partial charge in [-0.3, -0.25) is 0 Å². The van der Waals surface area contributed by atoms with Gasteiger partial charge in [0.25, 0.3) is 0 Å². The second-order valence-corrected chi connectivity index (χ2v) is 9.15. The first-order chi connectivity index (χ1) is 13.5. The standard InChI is InChI=1S/C22H27N3O3/c1-3-28-21(27)19-18(23-25-24-19)16-4-12(2)5-17(20(16)26)22-9-13-6-14(10-22)8-15(7-13)11-22/h4-5,13-15,26H,3,6-11H2,1-2H3,(H,23,24,25). The maximum Gasteiger partial charge on any atom is 0.361 e. The quantitative estimate of drug-likeness (QED) is 0.778. The molecule has 0 atom stereocenters. The smallest absolute Gasteiger partial charge is 0.361 e. The monoisotopic (exact) mass is 381 g/mol. The first kappa shape index (κ1) is 17.7. The molecule has 2 N–H and O–H groups in total. The minimum atomic E-state index is -0.525. The van der Waals surface area contributed by atoms with E-state index in [0.29, 0.717) is 11.3 Å². The van der Waals surface area contributed by atoms with E-state index < -0.39 is 5.97 Å². The fourth-order valence-electron chi connectivity index (χ4n) is 6.56. The average molecular weight is 381 g/mol. The van der Waals surface area contributed by atoms with E-state index in [2.05, 4.69) is 21.5 Å². The molecule has 1 aromatic heterocycles. The maximum atomic E-state index is 12.3. The number of esters is 1. The van der Waals surface area contributed by atoms with Crippen molar-refractivity contribution in [1.82, 2.24) is 15.4 Å². The van der Waals surface area contributed by atoms with Crippen LogP contribution < -0.4 is 0 Å². The van der Waals surface area contributed by atoms with Crippen LogP contribution in [0.2, 0.25) is 0 Å². The van der Waals surface area contributed by atoms with Gasteiger partial charge >= 0.3 is 5.97 Å². The number of hydrogen-bond acceptors (Lipinski definition) is 5. The van der Waals surface area contributed by atoms with Crippen molar-refractivity contribution >= 4 is 5.97 Å². The zero-order chi connectivity index (χ0) is 19.5. The summed E-state index contributed by atoms with van der Waals surface area (Å²) in [6, 6.07) is 4.04. The number of carbonyl (C=O) groups excluding carboxylic acids is 1. The van der Waals surface area contributed by atoms with Crippen LogP contribution in [0.4, 0.5) is 0 Å². The summed E-state index contributed by atoms with van der Waals surface area (Å²) in [6.45, 7) is 4.06. The largest absolute Gasteiger partial charge is 0.507 e. The molecule has 6 heteroatoms. The molecule has 0 radical (unpaired) electrons. The van der Waals surface area contributed by atoms with Crippen LogP contribution >= 0.6 is 0 Å². The highest BCUT2D eigenvalue weighted by atomic mass is 16.5. The number of aromatic nitrogens is 3. The summed E-state index contributed by atoms with van der Waals surface area (Å²) in [6.07, 6.45) is 7.57. The first-order valence-electron chi connectivity index (χ1n) is 10.4. The van der Waals surface area contributed by atoms with E-state index in [9.17, 15) is 9.90 Å². The van der Waals surface area contributed by atoms with Crippen molar-refractivity contribution in [2.45, 2.75) is 57.8 Å². The number of nitrogens with zero attached hydrogens (tertiary/aromatic N) is 2. The Labute approximate surface area is 164 Å². The molecule has 4 bridgehead atoms. The molecule has 4 fully saturated rings. The van der Waals surface area contributed by atoms with E-state index in [1.165, 1.54) is 38.5 Å². The van der Waals surface area contributed by atoms with Gasteiger partial charge in [-0.05, 0) is 87.2 Å². The second kappa shape index (κ2) is 6.33. The van der Waals surface area contributed by atoms with E-state index in [1.807, 2.05) is 13.0 Å². The van der Waals surface area contributed by atoms with Crippen LogP contribution in [0.5, 0.6) is 5.75 Å². The molecule has 0 spiro atoms. The highest BCUT2D eigenvalue weighted by Crippen LogP contribution is 2.62. The van der Waals surface area contributed by atoms with E-state index in [4.69, 9.17) is 4.74 Å². The lowest BCUT2D eigenvalue weighted by atomic mass is 9.48. The second-order valence-electron chi connectivity index (χ2n) is 9.15. The number of nitrogens with one attached hydrogen (secondary N) is 1. The summed E-state index contributed by atoms with van der Waals surface area (Å²) in [5.74, 6) is 2.10. The maximum absolute atomic E-state index is 12.3. The van der Waals surface area contributed by atoms with E-state index in [1.54, 1.807) is 6.92 Å². The zero-order valence-electron chi connectivity index (χ0n) is 16.5. The molecular weight excluding hydrogens is 354 g/mol. The molecule has 148 valence electrons. The number of phenols is 1. The lowest BCUT2D eigenvalue weighted by Crippen LogP contribution is -2.48. The molecule has 1 aromatic carbocycles. The van der Waals surface area contributed by atoms with Gasteiger partial charge in [-0.1, -0.05) is 6.07 Å². The van der Waals surface area contributed by atoms with Gasteiger partial charge in [-0.15, -0.1) is 5.10 Å². The first-order valence-corrected chi connectivity index (χ1v) is 10.4.